The molecule has 3 heterocycles. The second-order valence-corrected chi connectivity index (χ2v) is 9.46. The molecular formula is C24H24N2O5. The molecule has 2 fully saturated rings. The highest BCUT2D eigenvalue weighted by Gasteiger charge is 2.72. The standard InChI is InChI=1S/C24H24N2O5/c1-13-7-8-15-20(22(2)19(27)9-10-24(13,22)29)30-21(28)23(15)12-18(26-31-23)17-11-14-5-3-4-6-16(14)25-17/h3-6,9-13,15,20,25-26,29H,7-8H2,1-2H3/t13-,15+,20+,22-,23?,24+/m0/s1. The first-order chi connectivity index (χ1) is 14.8. The van der Waals surface area contributed by atoms with E-state index in [2.05, 4.69) is 10.5 Å². The van der Waals surface area contributed by atoms with Gasteiger partial charge in [0.2, 0.25) is 5.60 Å². The molecule has 1 spiro atoms. The van der Waals surface area contributed by atoms with Crippen LogP contribution < -0.4 is 5.48 Å². The Labute approximate surface area is 179 Å². The molecular weight excluding hydrogens is 396 g/mol. The lowest BCUT2D eigenvalue weighted by molar-refractivity contribution is -0.169. The number of allylic oxidation sites excluding steroid dienone is 1. The number of H-pyrrole nitrogens is 1. The van der Waals surface area contributed by atoms with Gasteiger partial charge in [-0.25, -0.2) is 4.79 Å². The Morgan fingerprint density at radius 3 is 2.81 bits per heavy atom. The number of hydroxylamine groups is 1. The maximum atomic E-state index is 13.2. The summed E-state index contributed by atoms with van der Waals surface area (Å²) in [6.45, 7) is 3.65. The van der Waals surface area contributed by atoms with Gasteiger partial charge < -0.3 is 14.8 Å². The quantitative estimate of drug-likeness (QED) is 0.614. The fourth-order valence-corrected chi connectivity index (χ4v) is 6.04. The average molecular weight is 420 g/mol. The number of nitrogens with one attached hydrogen (secondary N) is 2. The van der Waals surface area contributed by atoms with Crippen LogP contribution in [-0.4, -0.2) is 39.1 Å². The number of aliphatic hydroxyl groups is 1. The highest BCUT2D eigenvalue weighted by molar-refractivity contribution is 6.01. The van der Waals surface area contributed by atoms with Crippen LogP contribution >= 0.6 is 0 Å². The van der Waals surface area contributed by atoms with E-state index in [1.807, 2.05) is 37.3 Å². The molecule has 160 valence electrons. The van der Waals surface area contributed by atoms with E-state index in [0.717, 1.165) is 16.6 Å². The van der Waals surface area contributed by atoms with Crippen molar-refractivity contribution in [1.82, 2.24) is 10.5 Å². The fourth-order valence-electron chi connectivity index (χ4n) is 6.04. The normalized spacial score (nSPS) is 41.1. The number of rotatable bonds is 1. The monoisotopic (exact) mass is 420 g/mol. The molecule has 2 aliphatic heterocycles. The molecule has 0 amide bonds. The van der Waals surface area contributed by atoms with Gasteiger partial charge in [0, 0.05) is 16.8 Å². The summed E-state index contributed by atoms with van der Waals surface area (Å²) in [6.07, 6.45) is 5.24. The zero-order valence-electron chi connectivity index (χ0n) is 17.3. The Morgan fingerprint density at radius 2 is 2.00 bits per heavy atom. The number of carbonyl (C=O) groups is 2. The highest BCUT2D eigenvalue weighted by atomic mass is 16.7. The summed E-state index contributed by atoms with van der Waals surface area (Å²) in [6, 6.07) is 9.91. The first kappa shape index (κ1) is 18.8. The Bertz CT molecular complexity index is 1160. The van der Waals surface area contributed by atoms with Gasteiger partial charge in [0.1, 0.15) is 11.7 Å². The van der Waals surface area contributed by atoms with Crippen LogP contribution in [0.1, 0.15) is 32.4 Å². The minimum Gasteiger partial charge on any atom is -0.458 e. The number of aromatic nitrogens is 1. The molecule has 4 aliphatic rings. The van der Waals surface area contributed by atoms with Crippen LogP contribution in [0.5, 0.6) is 0 Å². The maximum absolute atomic E-state index is 13.2. The fraction of sp³-hybridized carbons (Fsp3) is 0.417. The lowest BCUT2D eigenvalue weighted by atomic mass is 9.64. The van der Waals surface area contributed by atoms with Crippen molar-refractivity contribution >= 4 is 28.4 Å². The lowest BCUT2D eigenvalue weighted by Crippen LogP contribution is -2.57. The second-order valence-electron chi connectivity index (χ2n) is 9.46. The van der Waals surface area contributed by atoms with Crippen molar-refractivity contribution in [3.8, 4) is 0 Å². The van der Waals surface area contributed by atoms with E-state index in [0.29, 0.717) is 18.5 Å². The molecule has 0 bridgehead atoms. The Hall–Kier alpha value is -2.90. The van der Waals surface area contributed by atoms with Crippen molar-refractivity contribution in [3.05, 3.63) is 54.3 Å². The molecule has 31 heavy (non-hydrogen) atoms. The molecule has 7 heteroatoms. The number of aromatic amines is 1. The van der Waals surface area contributed by atoms with Crippen molar-refractivity contribution in [2.75, 3.05) is 0 Å². The minimum atomic E-state index is -1.36. The van der Waals surface area contributed by atoms with Crippen molar-refractivity contribution < 1.29 is 24.3 Å². The molecule has 1 saturated carbocycles. The molecule has 0 radical (unpaired) electrons. The number of benzene rings is 1. The number of para-hydroxylation sites is 1. The van der Waals surface area contributed by atoms with Gasteiger partial charge in [-0.15, -0.1) is 0 Å². The van der Waals surface area contributed by atoms with Gasteiger partial charge in [0.25, 0.3) is 0 Å². The van der Waals surface area contributed by atoms with E-state index in [4.69, 9.17) is 9.57 Å². The molecule has 7 nitrogen and oxygen atoms in total. The number of fused-ring (bicyclic) bond motifs is 5. The van der Waals surface area contributed by atoms with Crippen LogP contribution in [-0.2, 0) is 19.2 Å². The first-order valence-corrected chi connectivity index (χ1v) is 10.7. The summed E-state index contributed by atoms with van der Waals surface area (Å²) < 4.78 is 5.85. The zero-order valence-corrected chi connectivity index (χ0v) is 17.3. The van der Waals surface area contributed by atoms with Gasteiger partial charge in [-0.2, -0.15) is 0 Å². The summed E-state index contributed by atoms with van der Waals surface area (Å²) in [5.74, 6) is -1.30. The predicted molar refractivity (Wildman–Crippen MR) is 112 cm³/mol. The molecule has 1 aromatic carbocycles. The van der Waals surface area contributed by atoms with Gasteiger partial charge in [-0.1, -0.05) is 25.1 Å². The van der Waals surface area contributed by atoms with Crippen molar-refractivity contribution in [1.29, 1.82) is 0 Å². The molecule has 3 N–H and O–H groups in total. The van der Waals surface area contributed by atoms with Crippen LogP contribution in [0.3, 0.4) is 0 Å². The second kappa shape index (κ2) is 5.87. The van der Waals surface area contributed by atoms with E-state index in [-0.39, 0.29) is 11.7 Å². The molecule has 6 atom stereocenters. The number of ether oxygens (including phenoxy) is 1. The topological polar surface area (TPSA) is 101 Å². The van der Waals surface area contributed by atoms with E-state index in [1.165, 1.54) is 6.08 Å². The van der Waals surface area contributed by atoms with Gasteiger partial charge >= 0.3 is 5.97 Å². The summed E-state index contributed by atoms with van der Waals surface area (Å²) >= 11 is 0. The van der Waals surface area contributed by atoms with Crippen molar-refractivity contribution in [2.24, 2.45) is 17.3 Å². The molecule has 1 saturated heterocycles. The summed E-state index contributed by atoms with van der Waals surface area (Å²) in [5.41, 5.74) is 1.42. The smallest absolute Gasteiger partial charge is 0.346 e. The number of hydrogen-bond acceptors (Lipinski definition) is 6. The Balaban J connectivity index is 1.44. The molecule has 1 unspecified atom stereocenters. The SMILES string of the molecule is C[C@H]1CC[C@@H]2[C@@H](OC(=O)C23C=C(c2cc4ccccc4[nH]2)NO3)[C@]2(C)C(=O)C=C[C@@]12O. The Morgan fingerprint density at radius 1 is 1.19 bits per heavy atom. The highest BCUT2D eigenvalue weighted by Crippen LogP contribution is 2.59. The molecule has 1 aromatic heterocycles. The van der Waals surface area contributed by atoms with Crippen molar-refractivity contribution in [2.45, 2.75) is 44.0 Å². The van der Waals surface area contributed by atoms with Crippen LogP contribution in [0.2, 0.25) is 0 Å². The van der Waals surface area contributed by atoms with Gasteiger partial charge in [0.05, 0.1) is 16.8 Å². The van der Waals surface area contributed by atoms with E-state index >= 15 is 0 Å². The molecule has 2 aliphatic carbocycles. The molecule has 2 aromatic rings. The lowest BCUT2D eigenvalue weighted by Gasteiger charge is -2.43. The van der Waals surface area contributed by atoms with Crippen molar-refractivity contribution in [3.63, 3.8) is 0 Å². The summed E-state index contributed by atoms with van der Waals surface area (Å²) in [7, 11) is 0. The van der Waals surface area contributed by atoms with Crippen LogP contribution in [0.15, 0.2) is 48.6 Å². The van der Waals surface area contributed by atoms with Gasteiger partial charge in [0.15, 0.2) is 5.78 Å². The van der Waals surface area contributed by atoms with Gasteiger partial charge in [-0.05, 0) is 56.0 Å². The predicted octanol–water partition coefficient (Wildman–Crippen LogP) is 2.63. The first-order valence-electron chi connectivity index (χ1n) is 10.7. The van der Waals surface area contributed by atoms with Crippen LogP contribution in [0.25, 0.3) is 16.6 Å². The number of carbonyl (C=O) groups excluding carboxylic acids is 2. The maximum Gasteiger partial charge on any atom is 0.346 e. The Kier molecular flexibility index (Phi) is 3.56. The van der Waals surface area contributed by atoms with Gasteiger partial charge in [-0.3, -0.25) is 15.1 Å². The molecule has 6 rings (SSSR count). The van der Waals surface area contributed by atoms with E-state index < -0.39 is 34.6 Å². The van der Waals surface area contributed by atoms with Crippen LogP contribution in [0, 0.1) is 17.3 Å². The number of esters is 1. The zero-order chi connectivity index (χ0) is 21.6. The third kappa shape index (κ3) is 2.15. The summed E-state index contributed by atoms with van der Waals surface area (Å²) in [4.78, 5) is 35.4. The number of ketones is 1. The van der Waals surface area contributed by atoms with Crippen LogP contribution in [0.4, 0.5) is 0 Å². The third-order valence-corrected chi connectivity index (χ3v) is 8.04. The average Bonchev–Trinajstić information content (AvgIpc) is 3.49. The summed E-state index contributed by atoms with van der Waals surface area (Å²) in [5, 5.41) is 12.5. The third-order valence-electron chi connectivity index (χ3n) is 8.04. The largest absolute Gasteiger partial charge is 0.458 e. The minimum absolute atomic E-state index is 0.159. The van der Waals surface area contributed by atoms with E-state index in [9.17, 15) is 14.7 Å². The van der Waals surface area contributed by atoms with E-state index in [1.54, 1.807) is 19.1 Å². The number of hydrogen-bond donors (Lipinski definition) is 3.